The van der Waals surface area contributed by atoms with E-state index in [1.54, 1.807) is 24.2 Å². The van der Waals surface area contributed by atoms with Gasteiger partial charge in [0.25, 0.3) is 0 Å². The van der Waals surface area contributed by atoms with Crippen LogP contribution in [0.5, 0.6) is 0 Å². The molecule has 1 amide bonds. The van der Waals surface area contributed by atoms with E-state index in [-0.39, 0.29) is 18.1 Å². The van der Waals surface area contributed by atoms with Crippen LogP contribution in [0.15, 0.2) is 40.4 Å². The standard InChI is InChI=1S/C21H25N5O2S/c1-14-7-6-8-15(2)18(14)23-17(27)13-26-21(28)25-12-11-22-20(19(25)24-26)29-16-9-4-3-5-10-16/h6-8,11-12,16H,3-5,9-10,13H2,1-2H3,(H,23,27). The molecule has 0 saturated heterocycles. The third-order valence-corrected chi connectivity index (χ3v) is 6.65. The number of hydrogen-bond donors (Lipinski definition) is 1. The predicted octanol–water partition coefficient (Wildman–Crippen LogP) is 3.57. The minimum Gasteiger partial charge on any atom is -0.324 e. The highest BCUT2D eigenvalue weighted by Crippen LogP contribution is 2.33. The first-order valence-electron chi connectivity index (χ1n) is 10.00. The predicted molar refractivity (Wildman–Crippen MR) is 115 cm³/mol. The number of nitrogens with one attached hydrogen (secondary N) is 1. The Balaban J connectivity index is 1.56. The van der Waals surface area contributed by atoms with Gasteiger partial charge in [0, 0.05) is 23.3 Å². The maximum atomic E-state index is 12.7. The van der Waals surface area contributed by atoms with E-state index >= 15 is 0 Å². The molecule has 0 aliphatic heterocycles. The molecule has 0 unspecified atom stereocenters. The summed E-state index contributed by atoms with van der Waals surface area (Å²) in [4.78, 5) is 29.8. The van der Waals surface area contributed by atoms with Crippen LogP contribution in [0.2, 0.25) is 0 Å². The van der Waals surface area contributed by atoms with E-state index in [4.69, 9.17) is 0 Å². The second kappa shape index (κ2) is 8.41. The average Bonchev–Trinajstić information content (AvgIpc) is 3.02. The number of benzene rings is 1. The van der Waals surface area contributed by atoms with E-state index in [1.165, 1.54) is 28.3 Å². The number of fused-ring (bicyclic) bond motifs is 1. The molecule has 29 heavy (non-hydrogen) atoms. The number of aromatic nitrogens is 4. The Hall–Kier alpha value is -2.61. The fourth-order valence-electron chi connectivity index (χ4n) is 3.78. The highest BCUT2D eigenvalue weighted by Gasteiger charge is 2.20. The van der Waals surface area contributed by atoms with Gasteiger partial charge in [-0.1, -0.05) is 49.2 Å². The third kappa shape index (κ3) is 4.22. The molecule has 7 nitrogen and oxygen atoms in total. The Morgan fingerprint density at radius 2 is 1.93 bits per heavy atom. The lowest BCUT2D eigenvalue weighted by Crippen LogP contribution is -2.28. The van der Waals surface area contributed by atoms with E-state index < -0.39 is 0 Å². The summed E-state index contributed by atoms with van der Waals surface area (Å²) in [5.74, 6) is -0.276. The van der Waals surface area contributed by atoms with Crippen LogP contribution in [0.1, 0.15) is 43.2 Å². The van der Waals surface area contributed by atoms with Gasteiger partial charge in [-0.25, -0.2) is 18.9 Å². The molecule has 1 aromatic carbocycles. The molecule has 0 bridgehead atoms. The second-order valence-corrected chi connectivity index (χ2v) is 8.85. The molecule has 1 saturated carbocycles. The van der Waals surface area contributed by atoms with Gasteiger partial charge in [0.05, 0.1) is 0 Å². The molecule has 1 aliphatic carbocycles. The van der Waals surface area contributed by atoms with Crippen LogP contribution < -0.4 is 11.0 Å². The van der Waals surface area contributed by atoms with Gasteiger partial charge in [-0.05, 0) is 37.8 Å². The number of para-hydroxylation sites is 1. The van der Waals surface area contributed by atoms with Gasteiger partial charge in [-0.2, -0.15) is 0 Å². The zero-order valence-corrected chi connectivity index (χ0v) is 17.5. The molecular formula is C21H25N5O2S. The number of hydrogen-bond acceptors (Lipinski definition) is 5. The van der Waals surface area contributed by atoms with Crippen molar-refractivity contribution in [2.75, 3.05) is 5.32 Å². The second-order valence-electron chi connectivity index (χ2n) is 7.56. The number of nitrogens with zero attached hydrogens (tertiary/aromatic N) is 4. The van der Waals surface area contributed by atoms with Crippen LogP contribution in [0.4, 0.5) is 5.69 Å². The van der Waals surface area contributed by atoms with Crippen LogP contribution in [0.25, 0.3) is 5.65 Å². The summed E-state index contributed by atoms with van der Waals surface area (Å²) < 4.78 is 2.69. The molecule has 1 aliphatic rings. The normalized spacial score (nSPS) is 15.0. The molecule has 0 radical (unpaired) electrons. The van der Waals surface area contributed by atoms with Crippen molar-refractivity contribution in [3.8, 4) is 0 Å². The molecular weight excluding hydrogens is 386 g/mol. The number of thioether (sulfide) groups is 1. The van der Waals surface area contributed by atoms with Crippen molar-refractivity contribution in [3.05, 3.63) is 52.2 Å². The molecule has 2 heterocycles. The van der Waals surface area contributed by atoms with E-state index in [2.05, 4.69) is 15.4 Å². The Morgan fingerprint density at radius 3 is 2.66 bits per heavy atom. The SMILES string of the molecule is Cc1cccc(C)c1NC(=O)Cn1nc2c(SC3CCCCC3)nccn2c1=O. The number of anilines is 1. The molecule has 4 rings (SSSR count). The molecule has 0 spiro atoms. The van der Waals surface area contributed by atoms with E-state index in [9.17, 15) is 9.59 Å². The van der Waals surface area contributed by atoms with Crippen molar-refractivity contribution in [1.29, 1.82) is 0 Å². The first-order valence-corrected chi connectivity index (χ1v) is 10.9. The average molecular weight is 412 g/mol. The van der Waals surface area contributed by atoms with E-state index in [0.29, 0.717) is 10.9 Å². The summed E-state index contributed by atoms with van der Waals surface area (Å²) in [6, 6.07) is 5.84. The fourth-order valence-corrected chi connectivity index (χ4v) is 5.03. The Morgan fingerprint density at radius 1 is 1.21 bits per heavy atom. The summed E-state index contributed by atoms with van der Waals surface area (Å²) in [5.41, 5.74) is 2.94. The smallest absolute Gasteiger partial charge is 0.324 e. The van der Waals surface area contributed by atoms with Crippen LogP contribution in [-0.2, 0) is 11.3 Å². The zero-order valence-electron chi connectivity index (χ0n) is 16.7. The lowest BCUT2D eigenvalue weighted by molar-refractivity contribution is -0.117. The summed E-state index contributed by atoms with van der Waals surface area (Å²) in [6.07, 6.45) is 9.32. The van der Waals surface area contributed by atoms with Crippen LogP contribution in [0, 0.1) is 13.8 Å². The summed E-state index contributed by atoms with van der Waals surface area (Å²) >= 11 is 1.69. The van der Waals surface area contributed by atoms with Crippen LogP contribution >= 0.6 is 11.8 Å². The highest BCUT2D eigenvalue weighted by molar-refractivity contribution is 8.00. The van der Waals surface area contributed by atoms with Crippen LogP contribution in [-0.4, -0.2) is 30.3 Å². The summed E-state index contributed by atoms with van der Waals surface area (Å²) in [7, 11) is 0. The van der Waals surface area contributed by atoms with Gasteiger partial charge in [-0.3, -0.25) is 4.79 Å². The number of rotatable bonds is 5. The van der Waals surface area contributed by atoms with Crippen molar-refractivity contribution in [3.63, 3.8) is 0 Å². The van der Waals surface area contributed by atoms with Gasteiger partial charge in [0.2, 0.25) is 5.91 Å². The molecule has 2 aromatic heterocycles. The molecule has 0 atom stereocenters. The van der Waals surface area contributed by atoms with Gasteiger partial charge >= 0.3 is 5.69 Å². The maximum Gasteiger partial charge on any atom is 0.350 e. The minimum atomic E-state index is -0.329. The van der Waals surface area contributed by atoms with Gasteiger partial charge in [0.15, 0.2) is 5.65 Å². The van der Waals surface area contributed by atoms with E-state index in [0.717, 1.165) is 34.7 Å². The van der Waals surface area contributed by atoms with Crippen molar-refractivity contribution in [1.82, 2.24) is 19.2 Å². The van der Waals surface area contributed by atoms with Crippen LogP contribution in [0.3, 0.4) is 0 Å². The minimum absolute atomic E-state index is 0.137. The third-order valence-electron chi connectivity index (χ3n) is 5.34. The number of carbonyl (C=O) groups excluding carboxylic acids is 1. The van der Waals surface area contributed by atoms with Gasteiger partial charge < -0.3 is 5.32 Å². The molecule has 152 valence electrons. The van der Waals surface area contributed by atoms with Gasteiger partial charge in [0.1, 0.15) is 11.6 Å². The highest BCUT2D eigenvalue weighted by atomic mass is 32.2. The Bertz CT molecular complexity index is 1080. The molecule has 1 N–H and O–H groups in total. The quantitative estimate of drug-likeness (QED) is 0.694. The molecule has 8 heteroatoms. The number of amides is 1. The lowest BCUT2D eigenvalue weighted by atomic mass is 10.0. The topological polar surface area (TPSA) is 81.3 Å². The largest absolute Gasteiger partial charge is 0.350 e. The molecule has 1 fully saturated rings. The summed E-state index contributed by atoms with van der Waals surface area (Å²) in [5, 5.41) is 8.60. The monoisotopic (exact) mass is 411 g/mol. The van der Waals surface area contributed by atoms with Crippen molar-refractivity contribution in [2.24, 2.45) is 0 Å². The van der Waals surface area contributed by atoms with Crippen molar-refractivity contribution < 1.29 is 4.79 Å². The fraction of sp³-hybridized carbons (Fsp3) is 0.429. The number of carbonyl (C=O) groups is 1. The van der Waals surface area contributed by atoms with E-state index in [1.807, 2.05) is 32.0 Å². The lowest BCUT2D eigenvalue weighted by Gasteiger charge is -2.20. The summed E-state index contributed by atoms with van der Waals surface area (Å²) in [6.45, 7) is 3.75. The molecule has 3 aromatic rings. The Labute approximate surface area is 173 Å². The van der Waals surface area contributed by atoms with Crippen molar-refractivity contribution in [2.45, 2.75) is 62.8 Å². The maximum absolute atomic E-state index is 12.7. The first-order chi connectivity index (χ1) is 14.0. The Kier molecular flexibility index (Phi) is 5.71. The van der Waals surface area contributed by atoms with Crippen molar-refractivity contribution >= 4 is 29.0 Å². The first kappa shape index (κ1) is 19.7. The van der Waals surface area contributed by atoms with Gasteiger partial charge in [-0.15, -0.1) is 5.10 Å². The number of aryl methyl sites for hydroxylation is 2. The zero-order chi connectivity index (χ0) is 20.4.